The maximum atomic E-state index is 11.2. The van der Waals surface area contributed by atoms with Gasteiger partial charge in [-0.05, 0) is 42.3 Å². The SMILES string of the molecule is CCOC(=O)CNCc1ccc(OCc2cccc(Cl)c2)cc1. The summed E-state index contributed by atoms with van der Waals surface area (Å²) in [4.78, 5) is 11.2. The zero-order valence-corrected chi connectivity index (χ0v) is 13.8. The summed E-state index contributed by atoms with van der Waals surface area (Å²) in [5.74, 6) is 0.549. The molecule has 0 fully saturated rings. The first-order chi connectivity index (χ1) is 11.2. The highest BCUT2D eigenvalue weighted by Crippen LogP contribution is 2.16. The molecule has 5 heteroatoms. The summed E-state index contributed by atoms with van der Waals surface area (Å²) in [7, 11) is 0. The number of ether oxygens (including phenoxy) is 2. The van der Waals surface area contributed by atoms with Crippen molar-refractivity contribution in [1.82, 2.24) is 5.32 Å². The summed E-state index contributed by atoms with van der Waals surface area (Å²) in [6.45, 7) is 3.48. The van der Waals surface area contributed by atoms with E-state index in [2.05, 4.69) is 5.32 Å². The normalized spacial score (nSPS) is 10.3. The van der Waals surface area contributed by atoms with Crippen molar-refractivity contribution in [1.29, 1.82) is 0 Å². The molecular formula is C18H20ClNO3. The Balaban J connectivity index is 1.77. The lowest BCUT2D eigenvalue weighted by Crippen LogP contribution is -2.24. The van der Waals surface area contributed by atoms with E-state index in [1.807, 2.05) is 48.5 Å². The number of nitrogens with one attached hydrogen (secondary N) is 1. The Kier molecular flexibility index (Phi) is 6.91. The van der Waals surface area contributed by atoms with E-state index >= 15 is 0 Å². The molecule has 23 heavy (non-hydrogen) atoms. The first-order valence-corrected chi connectivity index (χ1v) is 7.87. The lowest BCUT2D eigenvalue weighted by atomic mass is 10.2. The van der Waals surface area contributed by atoms with Gasteiger partial charge in [-0.15, -0.1) is 0 Å². The van der Waals surface area contributed by atoms with Crippen LogP contribution in [-0.2, 0) is 22.7 Å². The number of esters is 1. The number of rotatable bonds is 8. The molecule has 2 rings (SSSR count). The van der Waals surface area contributed by atoms with Crippen LogP contribution in [0.2, 0.25) is 5.02 Å². The van der Waals surface area contributed by atoms with Gasteiger partial charge in [-0.2, -0.15) is 0 Å². The van der Waals surface area contributed by atoms with Crippen LogP contribution in [-0.4, -0.2) is 19.1 Å². The van der Waals surface area contributed by atoms with Gasteiger partial charge in [-0.3, -0.25) is 4.79 Å². The number of carbonyl (C=O) groups excluding carboxylic acids is 1. The molecule has 2 aromatic rings. The van der Waals surface area contributed by atoms with Crippen molar-refractivity contribution in [2.75, 3.05) is 13.2 Å². The Morgan fingerprint density at radius 1 is 1.13 bits per heavy atom. The average Bonchev–Trinajstić information content (AvgIpc) is 2.54. The van der Waals surface area contributed by atoms with Crippen LogP contribution in [0.25, 0.3) is 0 Å². The van der Waals surface area contributed by atoms with E-state index in [1.165, 1.54) is 0 Å². The fourth-order valence-corrected chi connectivity index (χ4v) is 2.23. The van der Waals surface area contributed by atoms with Crippen molar-refractivity contribution in [3.05, 3.63) is 64.7 Å². The van der Waals surface area contributed by atoms with Crippen molar-refractivity contribution < 1.29 is 14.3 Å². The Morgan fingerprint density at radius 3 is 2.61 bits per heavy atom. The predicted molar refractivity (Wildman–Crippen MR) is 90.6 cm³/mol. The van der Waals surface area contributed by atoms with Gasteiger partial charge in [0.1, 0.15) is 12.4 Å². The Bertz CT molecular complexity index is 628. The molecule has 0 saturated heterocycles. The molecule has 0 amide bonds. The van der Waals surface area contributed by atoms with Gasteiger partial charge in [0.2, 0.25) is 0 Å². The zero-order chi connectivity index (χ0) is 16.5. The highest BCUT2D eigenvalue weighted by atomic mass is 35.5. The van der Waals surface area contributed by atoms with Crippen molar-refractivity contribution >= 4 is 17.6 Å². The van der Waals surface area contributed by atoms with Gasteiger partial charge < -0.3 is 14.8 Å². The van der Waals surface area contributed by atoms with E-state index in [0.717, 1.165) is 16.9 Å². The van der Waals surface area contributed by atoms with Crippen LogP contribution < -0.4 is 10.1 Å². The molecule has 2 aromatic carbocycles. The van der Waals surface area contributed by atoms with Gasteiger partial charge in [0.05, 0.1) is 13.2 Å². The summed E-state index contributed by atoms with van der Waals surface area (Å²) in [6, 6.07) is 15.3. The predicted octanol–water partition coefficient (Wildman–Crippen LogP) is 3.57. The minimum Gasteiger partial charge on any atom is -0.489 e. The fraction of sp³-hybridized carbons (Fsp3) is 0.278. The Hall–Kier alpha value is -2.04. The molecule has 0 aromatic heterocycles. The van der Waals surface area contributed by atoms with Crippen LogP contribution >= 0.6 is 11.6 Å². The molecule has 0 unspecified atom stereocenters. The largest absolute Gasteiger partial charge is 0.489 e. The van der Waals surface area contributed by atoms with E-state index < -0.39 is 0 Å². The van der Waals surface area contributed by atoms with Crippen molar-refractivity contribution in [2.24, 2.45) is 0 Å². The van der Waals surface area contributed by atoms with Crippen molar-refractivity contribution in [3.63, 3.8) is 0 Å². The van der Waals surface area contributed by atoms with Gasteiger partial charge in [0, 0.05) is 11.6 Å². The molecule has 0 aliphatic heterocycles. The fourth-order valence-electron chi connectivity index (χ4n) is 2.02. The standard InChI is InChI=1S/C18H20ClNO3/c1-2-22-18(21)12-20-11-14-6-8-17(9-7-14)23-13-15-4-3-5-16(19)10-15/h3-10,20H,2,11-13H2,1H3. The topological polar surface area (TPSA) is 47.6 Å². The van der Waals surface area contributed by atoms with Crippen LogP contribution in [0.1, 0.15) is 18.1 Å². The van der Waals surface area contributed by atoms with Crippen LogP contribution in [0, 0.1) is 0 Å². The number of carbonyl (C=O) groups is 1. The molecule has 0 aliphatic carbocycles. The smallest absolute Gasteiger partial charge is 0.319 e. The highest BCUT2D eigenvalue weighted by molar-refractivity contribution is 6.30. The maximum absolute atomic E-state index is 11.2. The van der Waals surface area contributed by atoms with Gasteiger partial charge in [-0.1, -0.05) is 35.9 Å². The van der Waals surface area contributed by atoms with Crippen LogP contribution in [0.15, 0.2) is 48.5 Å². The third-order valence-corrected chi connectivity index (χ3v) is 3.36. The summed E-state index contributed by atoms with van der Waals surface area (Å²) in [5.41, 5.74) is 2.10. The molecular weight excluding hydrogens is 314 g/mol. The van der Waals surface area contributed by atoms with E-state index in [9.17, 15) is 4.79 Å². The van der Waals surface area contributed by atoms with Crippen LogP contribution in [0.4, 0.5) is 0 Å². The first kappa shape index (κ1) is 17.3. The molecule has 0 heterocycles. The molecule has 0 radical (unpaired) electrons. The molecule has 0 saturated carbocycles. The van der Waals surface area contributed by atoms with Gasteiger partial charge >= 0.3 is 5.97 Å². The van der Waals surface area contributed by atoms with Crippen molar-refractivity contribution in [2.45, 2.75) is 20.1 Å². The number of benzene rings is 2. The monoisotopic (exact) mass is 333 g/mol. The molecule has 0 spiro atoms. The molecule has 0 atom stereocenters. The lowest BCUT2D eigenvalue weighted by Gasteiger charge is -2.08. The average molecular weight is 334 g/mol. The number of hydrogen-bond acceptors (Lipinski definition) is 4. The Labute approximate surface area is 141 Å². The highest BCUT2D eigenvalue weighted by Gasteiger charge is 2.01. The number of halogens is 1. The summed E-state index contributed by atoms with van der Waals surface area (Å²) >= 11 is 5.94. The van der Waals surface area contributed by atoms with Gasteiger partial charge in [0.15, 0.2) is 0 Å². The molecule has 0 aliphatic rings. The summed E-state index contributed by atoms with van der Waals surface area (Å²) < 4.78 is 10.6. The zero-order valence-electron chi connectivity index (χ0n) is 13.0. The minimum atomic E-state index is -0.242. The summed E-state index contributed by atoms with van der Waals surface area (Å²) in [6.07, 6.45) is 0. The van der Waals surface area contributed by atoms with E-state index in [0.29, 0.717) is 24.8 Å². The second-order valence-corrected chi connectivity index (χ2v) is 5.41. The quantitative estimate of drug-likeness (QED) is 0.750. The van der Waals surface area contributed by atoms with Gasteiger partial charge in [-0.25, -0.2) is 0 Å². The van der Waals surface area contributed by atoms with E-state index in [-0.39, 0.29) is 12.5 Å². The Morgan fingerprint density at radius 2 is 1.91 bits per heavy atom. The van der Waals surface area contributed by atoms with Crippen LogP contribution in [0.5, 0.6) is 5.75 Å². The molecule has 122 valence electrons. The van der Waals surface area contributed by atoms with Gasteiger partial charge in [0.25, 0.3) is 0 Å². The minimum absolute atomic E-state index is 0.209. The van der Waals surface area contributed by atoms with Crippen LogP contribution in [0.3, 0.4) is 0 Å². The first-order valence-electron chi connectivity index (χ1n) is 7.50. The third-order valence-electron chi connectivity index (χ3n) is 3.12. The third kappa shape index (κ3) is 6.30. The molecule has 1 N–H and O–H groups in total. The summed E-state index contributed by atoms with van der Waals surface area (Å²) in [5, 5.41) is 3.74. The lowest BCUT2D eigenvalue weighted by molar-refractivity contribution is -0.142. The second kappa shape index (κ2) is 9.18. The molecule has 0 bridgehead atoms. The molecule has 4 nitrogen and oxygen atoms in total. The van der Waals surface area contributed by atoms with E-state index in [4.69, 9.17) is 21.1 Å². The van der Waals surface area contributed by atoms with Crippen molar-refractivity contribution in [3.8, 4) is 5.75 Å². The maximum Gasteiger partial charge on any atom is 0.319 e. The second-order valence-electron chi connectivity index (χ2n) is 4.97. The number of hydrogen-bond donors (Lipinski definition) is 1. The van der Waals surface area contributed by atoms with E-state index in [1.54, 1.807) is 6.92 Å².